The van der Waals surface area contributed by atoms with Crippen LogP contribution < -0.4 is 10.1 Å². The number of urea groups is 1. The van der Waals surface area contributed by atoms with Crippen LogP contribution in [0.5, 0.6) is 5.75 Å². The number of carboxylic acid groups (broad SMARTS) is 1. The summed E-state index contributed by atoms with van der Waals surface area (Å²) in [5.41, 5.74) is -0.199. The zero-order valence-corrected chi connectivity index (χ0v) is 12.0. The number of rotatable bonds is 5. The van der Waals surface area contributed by atoms with Crippen LogP contribution in [0.15, 0.2) is 18.2 Å². The number of ether oxygens (including phenoxy) is 1. The zero-order valence-electron chi connectivity index (χ0n) is 12.0. The van der Waals surface area contributed by atoms with Crippen molar-refractivity contribution in [3.63, 3.8) is 0 Å². The molecule has 1 heterocycles. The molecule has 1 aliphatic heterocycles. The van der Waals surface area contributed by atoms with Gasteiger partial charge in [0.25, 0.3) is 0 Å². The molecule has 1 aromatic rings. The lowest BCUT2D eigenvalue weighted by atomic mass is 10.1. The average molecular weight is 332 g/mol. The molecule has 1 fully saturated rings. The van der Waals surface area contributed by atoms with Gasteiger partial charge < -0.3 is 20.1 Å². The highest BCUT2D eigenvalue weighted by Gasteiger charge is 2.30. The summed E-state index contributed by atoms with van der Waals surface area (Å²) < 4.78 is 42.5. The molecule has 1 aromatic carbocycles. The van der Waals surface area contributed by atoms with Crippen LogP contribution in [-0.4, -0.2) is 41.7 Å². The second-order valence-electron chi connectivity index (χ2n) is 5.02. The van der Waals surface area contributed by atoms with Gasteiger partial charge in [0.1, 0.15) is 11.6 Å². The van der Waals surface area contributed by atoms with Crippen LogP contribution in [0.25, 0.3) is 0 Å². The third-order valence-electron chi connectivity index (χ3n) is 3.53. The fourth-order valence-electron chi connectivity index (χ4n) is 2.34. The second kappa shape index (κ2) is 7.21. The Labute approximate surface area is 129 Å². The number of hydrogen-bond donors (Lipinski definition) is 2. The minimum absolute atomic E-state index is 0.0544. The summed E-state index contributed by atoms with van der Waals surface area (Å²) in [6.07, 6.45) is 0.336. The van der Waals surface area contributed by atoms with Gasteiger partial charge in [0.2, 0.25) is 0 Å². The number of halogens is 3. The molecule has 0 aromatic heterocycles. The van der Waals surface area contributed by atoms with Crippen molar-refractivity contribution in [2.45, 2.75) is 19.6 Å². The number of carbonyl (C=O) groups is 2. The Kier molecular flexibility index (Phi) is 5.30. The van der Waals surface area contributed by atoms with Gasteiger partial charge in [-0.1, -0.05) is 6.07 Å². The topological polar surface area (TPSA) is 78.9 Å². The van der Waals surface area contributed by atoms with Crippen LogP contribution in [0.2, 0.25) is 0 Å². The zero-order chi connectivity index (χ0) is 17.0. The standard InChI is InChI=1S/C14H15F3N2O4/c15-10-2-1-3-11(23-13(16)17)9(10)6-18-14(22)19-5-4-8(7-19)12(20)21/h1-3,8,13H,4-7H2,(H,18,22)(H,20,21). The third-order valence-corrected chi connectivity index (χ3v) is 3.53. The van der Waals surface area contributed by atoms with Crippen molar-refractivity contribution in [3.8, 4) is 5.75 Å². The van der Waals surface area contributed by atoms with E-state index in [0.717, 1.165) is 6.07 Å². The van der Waals surface area contributed by atoms with E-state index < -0.39 is 30.3 Å². The Morgan fingerprint density at radius 3 is 2.78 bits per heavy atom. The van der Waals surface area contributed by atoms with Gasteiger partial charge >= 0.3 is 18.6 Å². The summed E-state index contributed by atoms with van der Waals surface area (Å²) in [7, 11) is 0. The van der Waals surface area contributed by atoms with Crippen LogP contribution in [0, 0.1) is 11.7 Å². The van der Waals surface area contributed by atoms with E-state index in [1.54, 1.807) is 0 Å². The summed E-state index contributed by atoms with van der Waals surface area (Å²) in [6.45, 7) is -3.14. The van der Waals surface area contributed by atoms with Crippen LogP contribution in [0.1, 0.15) is 12.0 Å². The molecule has 9 heteroatoms. The molecule has 0 spiro atoms. The van der Waals surface area contributed by atoms with Gasteiger partial charge in [-0.05, 0) is 18.6 Å². The van der Waals surface area contributed by atoms with Crippen molar-refractivity contribution in [1.82, 2.24) is 10.2 Å². The minimum atomic E-state index is -3.11. The van der Waals surface area contributed by atoms with Gasteiger partial charge in [0.15, 0.2) is 0 Å². The van der Waals surface area contributed by atoms with Crippen LogP contribution in [-0.2, 0) is 11.3 Å². The monoisotopic (exact) mass is 332 g/mol. The molecule has 1 aliphatic rings. The molecule has 0 saturated carbocycles. The lowest BCUT2D eigenvalue weighted by molar-refractivity contribution is -0.141. The fraction of sp³-hybridized carbons (Fsp3) is 0.429. The molecule has 1 atom stereocenters. The SMILES string of the molecule is O=C(O)C1CCN(C(=O)NCc2c(F)cccc2OC(F)F)C1. The lowest BCUT2D eigenvalue weighted by Crippen LogP contribution is -2.38. The molecule has 0 radical (unpaired) electrons. The molecule has 2 rings (SSSR count). The lowest BCUT2D eigenvalue weighted by Gasteiger charge is -2.18. The molecule has 126 valence electrons. The molecule has 6 nitrogen and oxygen atoms in total. The Balaban J connectivity index is 1.98. The first-order chi connectivity index (χ1) is 10.9. The maximum Gasteiger partial charge on any atom is 0.387 e. The van der Waals surface area contributed by atoms with E-state index in [2.05, 4.69) is 10.1 Å². The number of alkyl halides is 2. The maximum atomic E-state index is 13.7. The summed E-state index contributed by atoms with van der Waals surface area (Å²) in [5, 5.41) is 11.3. The molecule has 0 aliphatic carbocycles. The summed E-state index contributed by atoms with van der Waals surface area (Å²) in [4.78, 5) is 24.1. The number of carboxylic acids is 1. The number of aliphatic carboxylic acids is 1. The molecule has 2 N–H and O–H groups in total. The highest BCUT2D eigenvalue weighted by atomic mass is 19.3. The van der Waals surface area contributed by atoms with Crippen molar-refractivity contribution in [2.24, 2.45) is 5.92 Å². The van der Waals surface area contributed by atoms with Crippen molar-refractivity contribution >= 4 is 12.0 Å². The number of nitrogens with zero attached hydrogens (tertiary/aromatic N) is 1. The molecular formula is C14H15F3N2O4. The van der Waals surface area contributed by atoms with E-state index in [9.17, 15) is 22.8 Å². The van der Waals surface area contributed by atoms with E-state index in [1.165, 1.54) is 17.0 Å². The van der Waals surface area contributed by atoms with Gasteiger partial charge in [0.05, 0.1) is 12.5 Å². The molecule has 0 bridgehead atoms. The van der Waals surface area contributed by atoms with Crippen molar-refractivity contribution in [2.75, 3.05) is 13.1 Å². The third kappa shape index (κ3) is 4.27. The quantitative estimate of drug-likeness (QED) is 0.865. The average Bonchev–Trinajstić information content (AvgIpc) is 2.96. The van der Waals surface area contributed by atoms with Crippen LogP contribution in [0.4, 0.5) is 18.0 Å². The highest BCUT2D eigenvalue weighted by Crippen LogP contribution is 2.23. The Bertz CT molecular complexity index is 597. The van der Waals surface area contributed by atoms with Gasteiger partial charge in [0, 0.05) is 18.7 Å². The van der Waals surface area contributed by atoms with Gasteiger partial charge in [-0.15, -0.1) is 0 Å². The second-order valence-corrected chi connectivity index (χ2v) is 5.02. The Morgan fingerprint density at radius 2 is 2.17 bits per heavy atom. The smallest absolute Gasteiger partial charge is 0.387 e. The first-order valence-corrected chi connectivity index (χ1v) is 6.86. The van der Waals surface area contributed by atoms with E-state index in [4.69, 9.17) is 5.11 Å². The van der Waals surface area contributed by atoms with E-state index >= 15 is 0 Å². The number of benzene rings is 1. The maximum absolute atomic E-state index is 13.7. The summed E-state index contributed by atoms with van der Waals surface area (Å²) in [6, 6.07) is 2.87. The van der Waals surface area contributed by atoms with Gasteiger partial charge in [-0.2, -0.15) is 8.78 Å². The van der Waals surface area contributed by atoms with Gasteiger partial charge in [-0.25, -0.2) is 9.18 Å². The predicted molar refractivity (Wildman–Crippen MR) is 72.6 cm³/mol. The van der Waals surface area contributed by atoms with Crippen molar-refractivity contribution < 1.29 is 32.6 Å². The number of amides is 2. The molecule has 1 saturated heterocycles. The molecule has 23 heavy (non-hydrogen) atoms. The van der Waals surface area contributed by atoms with Crippen LogP contribution in [0.3, 0.4) is 0 Å². The Hall–Kier alpha value is -2.45. The van der Waals surface area contributed by atoms with E-state index in [1.807, 2.05) is 0 Å². The number of likely N-dealkylation sites (tertiary alicyclic amines) is 1. The first-order valence-electron chi connectivity index (χ1n) is 6.86. The number of hydrogen-bond acceptors (Lipinski definition) is 3. The Morgan fingerprint density at radius 1 is 1.43 bits per heavy atom. The molecule has 1 unspecified atom stereocenters. The number of nitrogens with one attached hydrogen (secondary N) is 1. The predicted octanol–water partition coefficient (Wildman–Crippen LogP) is 2.04. The fourth-order valence-corrected chi connectivity index (χ4v) is 2.34. The normalized spacial score (nSPS) is 17.4. The first kappa shape index (κ1) is 16.9. The van der Waals surface area contributed by atoms with Crippen molar-refractivity contribution in [1.29, 1.82) is 0 Å². The van der Waals surface area contributed by atoms with Gasteiger partial charge in [-0.3, -0.25) is 4.79 Å². The highest BCUT2D eigenvalue weighted by molar-refractivity contribution is 5.77. The number of carbonyl (C=O) groups excluding carboxylic acids is 1. The minimum Gasteiger partial charge on any atom is -0.481 e. The van der Waals surface area contributed by atoms with Crippen molar-refractivity contribution in [3.05, 3.63) is 29.6 Å². The van der Waals surface area contributed by atoms with E-state index in [-0.39, 0.29) is 30.9 Å². The summed E-state index contributed by atoms with van der Waals surface area (Å²) >= 11 is 0. The van der Waals surface area contributed by atoms with E-state index in [0.29, 0.717) is 6.42 Å². The largest absolute Gasteiger partial charge is 0.481 e. The molecule has 2 amide bonds. The van der Waals surface area contributed by atoms with Crippen LogP contribution >= 0.6 is 0 Å². The summed E-state index contributed by atoms with van der Waals surface area (Å²) in [5.74, 6) is -2.76. The molecular weight excluding hydrogens is 317 g/mol.